The van der Waals surface area contributed by atoms with Crippen LogP contribution in [0.2, 0.25) is 4.34 Å². The number of anilines is 1. The van der Waals surface area contributed by atoms with Gasteiger partial charge in [0, 0.05) is 12.5 Å². The third-order valence-corrected chi connectivity index (χ3v) is 6.74. The molecule has 0 radical (unpaired) electrons. The van der Waals surface area contributed by atoms with E-state index in [1.807, 2.05) is 4.72 Å². The predicted octanol–water partition coefficient (Wildman–Crippen LogP) is 4.95. The van der Waals surface area contributed by atoms with Crippen LogP contribution in [-0.4, -0.2) is 32.4 Å². The second-order valence-electron chi connectivity index (χ2n) is 5.97. The zero-order valence-corrected chi connectivity index (χ0v) is 17.5. The molecule has 0 aliphatic carbocycles. The van der Waals surface area contributed by atoms with Crippen molar-refractivity contribution in [2.24, 2.45) is 0 Å². The normalized spacial score (nSPS) is 12.0. The number of carbonyl (C=O) groups is 1. The van der Waals surface area contributed by atoms with Crippen molar-refractivity contribution in [2.75, 3.05) is 11.3 Å². The lowest BCUT2D eigenvalue weighted by Crippen LogP contribution is -2.18. The van der Waals surface area contributed by atoms with Gasteiger partial charge in [-0.3, -0.25) is 4.72 Å². The van der Waals surface area contributed by atoms with E-state index in [4.69, 9.17) is 16.3 Å². The van der Waals surface area contributed by atoms with Crippen molar-refractivity contribution in [3.63, 3.8) is 0 Å². The van der Waals surface area contributed by atoms with E-state index >= 15 is 0 Å². The minimum Gasteiger partial charge on any atom is -0.461 e. The Balaban J connectivity index is 2.08. The molecule has 0 unspecified atom stereocenters. The molecule has 0 saturated heterocycles. The largest absolute Gasteiger partial charge is 0.461 e. The Morgan fingerprint density at radius 3 is 2.60 bits per heavy atom. The number of aromatic amines is 1. The Morgan fingerprint density at radius 2 is 1.97 bits per heavy atom. The van der Waals surface area contributed by atoms with E-state index in [2.05, 4.69) is 4.98 Å². The lowest BCUT2D eigenvalue weighted by molar-refractivity contribution is 0.0516. The summed E-state index contributed by atoms with van der Waals surface area (Å²) in [6, 6.07) is 2.34. The quantitative estimate of drug-likeness (QED) is 0.367. The van der Waals surface area contributed by atoms with Crippen molar-refractivity contribution in [2.45, 2.75) is 24.7 Å². The van der Waals surface area contributed by atoms with Gasteiger partial charge in [0.1, 0.15) is 22.2 Å². The van der Waals surface area contributed by atoms with Crippen LogP contribution in [0.15, 0.2) is 23.1 Å². The zero-order chi connectivity index (χ0) is 22.2. The monoisotopic (exact) mass is 484 g/mol. The van der Waals surface area contributed by atoms with E-state index in [1.54, 1.807) is 0 Å². The van der Waals surface area contributed by atoms with Crippen LogP contribution in [-0.2, 0) is 21.2 Å². The van der Waals surface area contributed by atoms with Crippen LogP contribution in [0.25, 0.3) is 10.2 Å². The zero-order valence-electron chi connectivity index (χ0n) is 15.1. The SMILES string of the molecule is CCOC(=O)c1[nH]c2cc(Cl)sc2c1S(=O)(=O)Nc1cc(F)c(CC(F)F)cc1F. The highest BCUT2D eigenvalue weighted by Crippen LogP contribution is 2.37. The maximum Gasteiger partial charge on any atom is 0.356 e. The van der Waals surface area contributed by atoms with Crippen LogP contribution in [0.4, 0.5) is 23.2 Å². The standard InChI is InChI=1S/C17H13ClF4N2O4S2/c1-2-28-17(25)14-16(15-11(23-14)6-12(18)29-15)30(26,27)24-10-5-8(19)7(3-9(10)20)4-13(21)22/h3,5-6,13,23-24H,2,4H2,1H3. The molecule has 2 N–H and O–H groups in total. The van der Waals surface area contributed by atoms with Gasteiger partial charge in [0.15, 0.2) is 0 Å². The Hall–Kier alpha value is -2.31. The van der Waals surface area contributed by atoms with E-state index in [1.165, 1.54) is 13.0 Å². The van der Waals surface area contributed by atoms with Crippen molar-refractivity contribution >= 4 is 54.8 Å². The molecule has 0 aliphatic heterocycles. The van der Waals surface area contributed by atoms with Crippen molar-refractivity contribution < 1.29 is 35.5 Å². The summed E-state index contributed by atoms with van der Waals surface area (Å²) in [5.74, 6) is -3.45. The second kappa shape index (κ2) is 8.44. The van der Waals surface area contributed by atoms with Crippen LogP contribution in [0.5, 0.6) is 0 Å². The second-order valence-corrected chi connectivity index (χ2v) is 9.27. The van der Waals surface area contributed by atoms with E-state index in [9.17, 15) is 30.8 Å². The number of ether oxygens (including phenoxy) is 1. The fraction of sp³-hybridized carbons (Fsp3) is 0.235. The highest BCUT2D eigenvalue weighted by Gasteiger charge is 2.31. The molecule has 0 bridgehead atoms. The number of nitrogens with one attached hydrogen (secondary N) is 2. The van der Waals surface area contributed by atoms with Crippen LogP contribution in [0, 0.1) is 11.6 Å². The van der Waals surface area contributed by atoms with Crippen molar-refractivity contribution in [1.82, 2.24) is 4.98 Å². The number of alkyl halides is 2. The van der Waals surface area contributed by atoms with Crippen LogP contribution < -0.4 is 4.72 Å². The summed E-state index contributed by atoms with van der Waals surface area (Å²) >= 11 is 6.75. The predicted molar refractivity (Wildman–Crippen MR) is 104 cm³/mol. The van der Waals surface area contributed by atoms with Gasteiger partial charge in [-0.05, 0) is 24.6 Å². The molecule has 1 aromatic carbocycles. The van der Waals surface area contributed by atoms with E-state index in [0.29, 0.717) is 12.1 Å². The molecule has 0 aliphatic rings. The molecule has 0 fully saturated rings. The van der Waals surface area contributed by atoms with Crippen molar-refractivity contribution in [3.05, 3.63) is 45.4 Å². The highest BCUT2D eigenvalue weighted by molar-refractivity contribution is 7.93. The van der Waals surface area contributed by atoms with Gasteiger partial charge in [-0.25, -0.2) is 30.8 Å². The number of esters is 1. The Morgan fingerprint density at radius 1 is 1.27 bits per heavy atom. The van der Waals surface area contributed by atoms with E-state index in [-0.39, 0.29) is 21.2 Å². The number of halogens is 5. The Kier molecular flexibility index (Phi) is 6.29. The molecule has 0 atom stereocenters. The first-order valence-corrected chi connectivity index (χ1v) is 11.0. The number of fused-ring (bicyclic) bond motifs is 1. The number of thiophene rings is 1. The molecule has 2 aromatic heterocycles. The van der Waals surface area contributed by atoms with Gasteiger partial charge in [-0.15, -0.1) is 11.3 Å². The van der Waals surface area contributed by atoms with Gasteiger partial charge in [-0.2, -0.15) is 0 Å². The van der Waals surface area contributed by atoms with Gasteiger partial charge in [0.2, 0.25) is 6.43 Å². The molecule has 0 saturated carbocycles. The third-order valence-electron chi connectivity index (χ3n) is 3.90. The number of benzene rings is 1. The molecular weight excluding hydrogens is 472 g/mol. The summed E-state index contributed by atoms with van der Waals surface area (Å²) < 4.78 is 86.2. The van der Waals surface area contributed by atoms with Gasteiger partial charge in [0.25, 0.3) is 10.0 Å². The number of H-pyrrole nitrogens is 1. The molecule has 162 valence electrons. The summed E-state index contributed by atoms with van der Waals surface area (Å²) in [6.45, 7) is 1.48. The number of sulfonamides is 1. The molecular formula is C17H13ClF4N2O4S2. The highest BCUT2D eigenvalue weighted by atomic mass is 35.5. The average Bonchev–Trinajstić information content (AvgIpc) is 3.14. The van der Waals surface area contributed by atoms with E-state index in [0.717, 1.165) is 11.3 Å². The first-order chi connectivity index (χ1) is 14.0. The fourth-order valence-electron chi connectivity index (χ4n) is 2.72. The number of rotatable bonds is 7. The van der Waals surface area contributed by atoms with Gasteiger partial charge in [-0.1, -0.05) is 11.6 Å². The summed E-state index contributed by atoms with van der Waals surface area (Å²) in [6.07, 6.45) is -3.94. The minimum absolute atomic E-state index is 0.0371. The number of aromatic nitrogens is 1. The first-order valence-electron chi connectivity index (χ1n) is 8.30. The van der Waals surface area contributed by atoms with Gasteiger partial charge < -0.3 is 9.72 Å². The third kappa shape index (κ3) is 4.40. The number of hydrogen-bond acceptors (Lipinski definition) is 5. The summed E-state index contributed by atoms with van der Waals surface area (Å²) in [7, 11) is -4.64. The average molecular weight is 485 g/mol. The topological polar surface area (TPSA) is 88.3 Å². The summed E-state index contributed by atoms with van der Waals surface area (Å²) in [5.41, 5.74) is -1.60. The number of hydrogen-bond donors (Lipinski definition) is 2. The molecule has 3 aromatic rings. The molecule has 3 rings (SSSR count). The smallest absolute Gasteiger partial charge is 0.356 e. The fourth-order valence-corrected chi connectivity index (χ4v) is 5.60. The lowest BCUT2D eigenvalue weighted by atomic mass is 10.1. The summed E-state index contributed by atoms with van der Waals surface area (Å²) in [5, 5.41) is 0. The molecule has 30 heavy (non-hydrogen) atoms. The van der Waals surface area contributed by atoms with Crippen molar-refractivity contribution in [3.8, 4) is 0 Å². The molecule has 2 heterocycles. The maximum atomic E-state index is 14.3. The van der Waals surface area contributed by atoms with Gasteiger partial charge in [0.05, 0.1) is 26.8 Å². The van der Waals surface area contributed by atoms with Crippen LogP contribution in [0.3, 0.4) is 0 Å². The van der Waals surface area contributed by atoms with Crippen LogP contribution >= 0.6 is 22.9 Å². The number of carbonyl (C=O) groups excluding carboxylic acids is 1. The Bertz CT molecular complexity index is 1220. The lowest BCUT2D eigenvalue weighted by Gasteiger charge is -2.12. The van der Waals surface area contributed by atoms with Crippen molar-refractivity contribution in [1.29, 1.82) is 0 Å². The van der Waals surface area contributed by atoms with Gasteiger partial charge >= 0.3 is 5.97 Å². The molecule has 0 amide bonds. The van der Waals surface area contributed by atoms with Crippen LogP contribution in [0.1, 0.15) is 23.0 Å². The first kappa shape index (κ1) is 22.4. The summed E-state index contributed by atoms with van der Waals surface area (Å²) in [4.78, 5) is 14.3. The molecule has 6 nitrogen and oxygen atoms in total. The van der Waals surface area contributed by atoms with E-state index < -0.39 is 62.3 Å². The molecule has 0 spiro atoms. The maximum absolute atomic E-state index is 14.3. The Labute approximate surface area is 176 Å². The molecule has 13 heteroatoms. The minimum atomic E-state index is -4.64.